The molecule has 2 amide bonds. The van der Waals surface area contributed by atoms with Gasteiger partial charge >= 0.3 is 0 Å². The first-order valence-corrected chi connectivity index (χ1v) is 8.98. The van der Waals surface area contributed by atoms with E-state index in [1.54, 1.807) is 6.92 Å². The van der Waals surface area contributed by atoms with Gasteiger partial charge in [0.1, 0.15) is 5.54 Å². The minimum absolute atomic E-state index is 0.0360. The average Bonchev–Trinajstić information content (AvgIpc) is 2.69. The van der Waals surface area contributed by atoms with Crippen LogP contribution in [0.3, 0.4) is 0 Å². The van der Waals surface area contributed by atoms with Gasteiger partial charge < -0.3 is 16.0 Å². The van der Waals surface area contributed by atoms with Gasteiger partial charge in [0.05, 0.1) is 0 Å². The number of rotatable bonds is 4. The summed E-state index contributed by atoms with van der Waals surface area (Å²) < 4.78 is 0. The molecule has 0 saturated carbocycles. The molecule has 5 heteroatoms. The van der Waals surface area contributed by atoms with Gasteiger partial charge in [0.15, 0.2) is 0 Å². The number of nitrogens with one attached hydrogen (secondary N) is 1. The summed E-state index contributed by atoms with van der Waals surface area (Å²) in [6.45, 7) is 2.99. The molecule has 1 atom stereocenters. The molecule has 3 rings (SSSR count). The van der Waals surface area contributed by atoms with Gasteiger partial charge in [0, 0.05) is 24.7 Å². The van der Waals surface area contributed by atoms with Crippen LogP contribution in [-0.4, -0.2) is 35.8 Å². The van der Waals surface area contributed by atoms with E-state index >= 15 is 0 Å². The Hall–Kier alpha value is -2.66. The topological polar surface area (TPSA) is 75.4 Å². The normalized spacial score (nSPS) is 17.4. The molecule has 26 heavy (non-hydrogen) atoms. The Kier molecular flexibility index (Phi) is 5.38. The molecular formula is C21H25N3O2. The highest BCUT2D eigenvalue weighted by atomic mass is 16.2. The highest BCUT2D eigenvalue weighted by Gasteiger charge is 2.33. The van der Waals surface area contributed by atoms with Gasteiger partial charge in [-0.3, -0.25) is 9.59 Å². The van der Waals surface area contributed by atoms with E-state index < -0.39 is 5.54 Å². The highest BCUT2D eigenvalue weighted by molar-refractivity contribution is 5.94. The van der Waals surface area contributed by atoms with Crippen LogP contribution in [0, 0.1) is 0 Å². The minimum atomic E-state index is -1.07. The third-order valence-electron chi connectivity index (χ3n) is 4.98. The monoisotopic (exact) mass is 351 g/mol. The fourth-order valence-corrected chi connectivity index (χ4v) is 3.24. The number of hydrogen-bond acceptors (Lipinski definition) is 3. The molecular weight excluding hydrogens is 326 g/mol. The fraction of sp³-hybridized carbons (Fsp3) is 0.333. The Morgan fingerprint density at radius 2 is 1.54 bits per heavy atom. The van der Waals surface area contributed by atoms with Crippen LogP contribution in [0.5, 0.6) is 0 Å². The molecule has 136 valence electrons. The molecule has 0 bridgehead atoms. The summed E-state index contributed by atoms with van der Waals surface area (Å²) >= 11 is 0. The van der Waals surface area contributed by atoms with Gasteiger partial charge in [0.25, 0.3) is 5.91 Å². The maximum atomic E-state index is 12.7. The maximum Gasteiger partial charge on any atom is 0.253 e. The first kappa shape index (κ1) is 18.1. The zero-order valence-electron chi connectivity index (χ0n) is 15.0. The molecule has 2 aromatic rings. The Balaban J connectivity index is 1.55. The zero-order chi connectivity index (χ0) is 18.6. The summed E-state index contributed by atoms with van der Waals surface area (Å²) in [5.74, 6) is -0.139. The number of piperidine rings is 1. The van der Waals surface area contributed by atoms with Crippen molar-refractivity contribution in [1.29, 1.82) is 0 Å². The Bertz CT molecular complexity index is 751. The SMILES string of the molecule is CC(N)(C(=O)NC1CCN(C(=O)c2ccccc2)CC1)c1ccccc1. The molecule has 2 aromatic carbocycles. The highest BCUT2D eigenvalue weighted by Crippen LogP contribution is 2.20. The smallest absolute Gasteiger partial charge is 0.253 e. The van der Waals surface area contributed by atoms with Crippen LogP contribution in [0.15, 0.2) is 60.7 Å². The van der Waals surface area contributed by atoms with E-state index in [-0.39, 0.29) is 17.9 Å². The van der Waals surface area contributed by atoms with E-state index in [1.807, 2.05) is 65.6 Å². The van der Waals surface area contributed by atoms with Crippen molar-refractivity contribution < 1.29 is 9.59 Å². The van der Waals surface area contributed by atoms with Gasteiger partial charge in [-0.25, -0.2) is 0 Å². The van der Waals surface area contributed by atoms with Gasteiger partial charge in [-0.05, 0) is 37.5 Å². The number of hydrogen-bond donors (Lipinski definition) is 2. The predicted molar refractivity (Wildman–Crippen MR) is 101 cm³/mol. The largest absolute Gasteiger partial charge is 0.351 e. The molecule has 5 nitrogen and oxygen atoms in total. The fourth-order valence-electron chi connectivity index (χ4n) is 3.24. The van der Waals surface area contributed by atoms with Crippen LogP contribution >= 0.6 is 0 Å². The van der Waals surface area contributed by atoms with Crippen molar-refractivity contribution in [2.75, 3.05) is 13.1 Å². The average molecular weight is 351 g/mol. The van der Waals surface area contributed by atoms with Crippen molar-refractivity contribution in [1.82, 2.24) is 10.2 Å². The van der Waals surface area contributed by atoms with Crippen molar-refractivity contribution in [3.63, 3.8) is 0 Å². The van der Waals surface area contributed by atoms with Gasteiger partial charge in [0.2, 0.25) is 5.91 Å². The quantitative estimate of drug-likeness (QED) is 0.887. The number of carbonyl (C=O) groups excluding carboxylic acids is 2. The van der Waals surface area contributed by atoms with Crippen molar-refractivity contribution in [3.05, 3.63) is 71.8 Å². The van der Waals surface area contributed by atoms with Crippen LogP contribution in [0.2, 0.25) is 0 Å². The van der Waals surface area contributed by atoms with Crippen LogP contribution < -0.4 is 11.1 Å². The summed E-state index contributed by atoms with van der Waals surface area (Å²) in [5.41, 5.74) is 6.69. The van der Waals surface area contributed by atoms with Crippen molar-refractivity contribution in [2.24, 2.45) is 5.73 Å². The molecule has 3 N–H and O–H groups in total. The summed E-state index contributed by atoms with van der Waals surface area (Å²) in [4.78, 5) is 27.0. The first-order chi connectivity index (χ1) is 12.5. The third kappa shape index (κ3) is 3.94. The molecule has 0 aliphatic carbocycles. The number of likely N-dealkylation sites (tertiary alicyclic amines) is 1. The summed E-state index contributed by atoms with van der Waals surface area (Å²) in [6.07, 6.45) is 1.46. The van der Waals surface area contributed by atoms with E-state index in [0.29, 0.717) is 18.7 Å². The molecule has 0 aromatic heterocycles. The molecule has 1 saturated heterocycles. The summed E-state index contributed by atoms with van der Waals surface area (Å²) in [5, 5.41) is 3.05. The molecule has 0 spiro atoms. The molecule has 1 fully saturated rings. The number of carbonyl (C=O) groups is 2. The Labute approximate surface area is 154 Å². The second-order valence-corrected chi connectivity index (χ2v) is 6.97. The van der Waals surface area contributed by atoms with Crippen LogP contribution in [0.25, 0.3) is 0 Å². The number of nitrogens with two attached hydrogens (primary N) is 1. The molecule has 1 unspecified atom stereocenters. The second-order valence-electron chi connectivity index (χ2n) is 6.97. The van der Waals surface area contributed by atoms with Crippen molar-refractivity contribution >= 4 is 11.8 Å². The molecule has 1 heterocycles. The van der Waals surface area contributed by atoms with Gasteiger partial charge in [-0.15, -0.1) is 0 Å². The lowest BCUT2D eigenvalue weighted by molar-refractivity contribution is -0.127. The minimum Gasteiger partial charge on any atom is -0.351 e. The first-order valence-electron chi connectivity index (χ1n) is 8.98. The Morgan fingerprint density at radius 3 is 2.12 bits per heavy atom. The van der Waals surface area contributed by atoms with Crippen molar-refractivity contribution in [2.45, 2.75) is 31.3 Å². The summed E-state index contributed by atoms with van der Waals surface area (Å²) in [7, 11) is 0. The lowest BCUT2D eigenvalue weighted by atomic mass is 9.91. The van der Waals surface area contributed by atoms with E-state index in [1.165, 1.54) is 0 Å². The van der Waals surface area contributed by atoms with Crippen LogP contribution in [-0.2, 0) is 10.3 Å². The van der Waals surface area contributed by atoms with Gasteiger partial charge in [-0.1, -0.05) is 48.5 Å². The predicted octanol–water partition coefficient (Wildman–Crippen LogP) is 2.28. The van der Waals surface area contributed by atoms with Crippen LogP contribution in [0.4, 0.5) is 0 Å². The van der Waals surface area contributed by atoms with Gasteiger partial charge in [-0.2, -0.15) is 0 Å². The third-order valence-corrected chi connectivity index (χ3v) is 4.98. The molecule has 1 aliphatic rings. The lowest BCUT2D eigenvalue weighted by Gasteiger charge is -2.34. The van der Waals surface area contributed by atoms with E-state index in [0.717, 1.165) is 18.4 Å². The van der Waals surface area contributed by atoms with E-state index in [2.05, 4.69) is 5.32 Å². The number of benzene rings is 2. The number of amides is 2. The maximum absolute atomic E-state index is 12.7. The summed E-state index contributed by atoms with van der Waals surface area (Å²) in [6, 6.07) is 18.7. The van der Waals surface area contributed by atoms with Crippen LogP contribution in [0.1, 0.15) is 35.7 Å². The molecule has 0 radical (unpaired) electrons. The standard InChI is InChI=1S/C21H25N3O2/c1-21(22,17-10-6-3-7-11-17)20(26)23-18-12-14-24(15-13-18)19(25)16-8-4-2-5-9-16/h2-11,18H,12-15,22H2,1H3,(H,23,26). The van der Waals surface area contributed by atoms with E-state index in [4.69, 9.17) is 5.73 Å². The van der Waals surface area contributed by atoms with Crippen molar-refractivity contribution in [3.8, 4) is 0 Å². The van der Waals surface area contributed by atoms with E-state index in [9.17, 15) is 9.59 Å². The zero-order valence-corrected chi connectivity index (χ0v) is 15.0. The second kappa shape index (κ2) is 7.70. The Morgan fingerprint density at radius 1 is 1.00 bits per heavy atom. The number of nitrogens with zero attached hydrogens (tertiary/aromatic N) is 1. The molecule has 1 aliphatic heterocycles. The lowest BCUT2D eigenvalue weighted by Crippen LogP contribution is -2.54.